The standard InChI is InChI=1S/C15H14Cl2FN/c1-15(19,9-10-5-3-2-4-6-10)11-7-14(18)13(17)8-12(11)16/h2-8H,9,19H2,1H3. The third kappa shape index (κ3) is 3.27. The van der Waals surface area contributed by atoms with Gasteiger partial charge in [-0.3, -0.25) is 0 Å². The van der Waals surface area contributed by atoms with E-state index in [0.29, 0.717) is 17.0 Å². The lowest BCUT2D eigenvalue weighted by Crippen LogP contribution is -2.36. The molecule has 1 atom stereocenters. The van der Waals surface area contributed by atoms with E-state index in [2.05, 4.69) is 0 Å². The van der Waals surface area contributed by atoms with Crippen LogP contribution < -0.4 is 5.73 Å². The second-order valence-electron chi connectivity index (χ2n) is 4.83. The number of rotatable bonds is 3. The SMILES string of the molecule is CC(N)(Cc1ccccc1)c1cc(F)c(Cl)cc1Cl. The van der Waals surface area contributed by atoms with Gasteiger partial charge in [-0.05, 0) is 36.6 Å². The van der Waals surface area contributed by atoms with Crippen LogP contribution >= 0.6 is 23.2 Å². The predicted molar refractivity (Wildman–Crippen MR) is 78.1 cm³/mol. The van der Waals surface area contributed by atoms with E-state index in [1.807, 2.05) is 37.3 Å². The minimum atomic E-state index is -0.760. The molecule has 19 heavy (non-hydrogen) atoms. The van der Waals surface area contributed by atoms with E-state index in [4.69, 9.17) is 28.9 Å². The van der Waals surface area contributed by atoms with Gasteiger partial charge in [-0.25, -0.2) is 4.39 Å². The lowest BCUT2D eigenvalue weighted by atomic mass is 9.86. The second kappa shape index (κ2) is 5.49. The van der Waals surface area contributed by atoms with Crippen LogP contribution in [0.15, 0.2) is 42.5 Å². The topological polar surface area (TPSA) is 26.0 Å². The summed E-state index contributed by atoms with van der Waals surface area (Å²) in [6.07, 6.45) is 0.564. The molecule has 0 aliphatic carbocycles. The van der Waals surface area contributed by atoms with E-state index >= 15 is 0 Å². The number of hydrogen-bond donors (Lipinski definition) is 1. The number of hydrogen-bond acceptors (Lipinski definition) is 1. The Morgan fingerprint density at radius 3 is 2.37 bits per heavy atom. The van der Waals surface area contributed by atoms with Gasteiger partial charge < -0.3 is 5.73 Å². The number of halogens is 3. The van der Waals surface area contributed by atoms with Crippen molar-refractivity contribution in [1.82, 2.24) is 0 Å². The predicted octanol–water partition coefficient (Wildman–Crippen LogP) is 4.55. The van der Waals surface area contributed by atoms with Crippen molar-refractivity contribution in [1.29, 1.82) is 0 Å². The summed E-state index contributed by atoms with van der Waals surface area (Å²) < 4.78 is 13.6. The Balaban J connectivity index is 2.37. The lowest BCUT2D eigenvalue weighted by molar-refractivity contribution is 0.486. The highest BCUT2D eigenvalue weighted by atomic mass is 35.5. The molecule has 1 unspecified atom stereocenters. The van der Waals surface area contributed by atoms with Gasteiger partial charge in [0.15, 0.2) is 0 Å². The van der Waals surface area contributed by atoms with E-state index in [0.717, 1.165) is 5.56 Å². The Kier molecular flexibility index (Phi) is 4.14. The highest BCUT2D eigenvalue weighted by molar-refractivity contribution is 6.35. The summed E-state index contributed by atoms with van der Waals surface area (Å²) >= 11 is 11.8. The van der Waals surface area contributed by atoms with Crippen LogP contribution in [0.5, 0.6) is 0 Å². The van der Waals surface area contributed by atoms with Crippen LogP contribution in [-0.4, -0.2) is 0 Å². The third-order valence-corrected chi connectivity index (χ3v) is 3.64. The van der Waals surface area contributed by atoms with Gasteiger partial charge in [-0.1, -0.05) is 53.5 Å². The summed E-state index contributed by atoms with van der Waals surface area (Å²) in [5, 5.41) is 0.386. The van der Waals surface area contributed by atoms with Crippen LogP contribution in [0.4, 0.5) is 4.39 Å². The van der Waals surface area contributed by atoms with Gasteiger partial charge in [0.05, 0.1) is 5.02 Å². The van der Waals surface area contributed by atoms with Crippen LogP contribution in [0, 0.1) is 5.82 Å². The molecule has 0 aliphatic rings. The summed E-state index contributed by atoms with van der Waals surface area (Å²) in [5.41, 5.74) is 7.16. The molecule has 4 heteroatoms. The lowest BCUT2D eigenvalue weighted by Gasteiger charge is -2.26. The van der Waals surface area contributed by atoms with Crippen molar-refractivity contribution in [3.8, 4) is 0 Å². The highest BCUT2D eigenvalue weighted by Crippen LogP contribution is 2.32. The molecule has 2 rings (SSSR count). The van der Waals surface area contributed by atoms with Crippen molar-refractivity contribution < 1.29 is 4.39 Å². The normalized spacial score (nSPS) is 14.2. The Bertz CT molecular complexity index is 582. The molecule has 100 valence electrons. The van der Waals surface area contributed by atoms with E-state index in [-0.39, 0.29) is 5.02 Å². The molecule has 0 fully saturated rings. The molecule has 0 radical (unpaired) electrons. The first-order valence-electron chi connectivity index (χ1n) is 5.88. The number of benzene rings is 2. The molecule has 2 aromatic carbocycles. The molecule has 2 aromatic rings. The van der Waals surface area contributed by atoms with E-state index in [9.17, 15) is 4.39 Å². The smallest absolute Gasteiger partial charge is 0.142 e. The molecule has 0 heterocycles. The van der Waals surface area contributed by atoms with Crippen molar-refractivity contribution in [3.63, 3.8) is 0 Å². The maximum Gasteiger partial charge on any atom is 0.142 e. The number of nitrogens with two attached hydrogens (primary N) is 1. The fraction of sp³-hybridized carbons (Fsp3) is 0.200. The quantitative estimate of drug-likeness (QED) is 0.827. The van der Waals surface area contributed by atoms with Crippen molar-refractivity contribution in [2.75, 3.05) is 0 Å². The summed E-state index contributed by atoms with van der Waals surface area (Å²) in [4.78, 5) is 0. The minimum absolute atomic E-state index is 0.00395. The molecule has 0 aromatic heterocycles. The van der Waals surface area contributed by atoms with Crippen LogP contribution in [0.25, 0.3) is 0 Å². The van der Waals surface area contributed by atoms with E-state index in [1.165, 1.54) is 12.1 Å². The van der Waals surface area contributed by atoms with Crippen molar-refractivity contribution in [2.24, 2.45) is 5.73 Å². The molecule has 1 nitrogen and oxygen atoms in total. The van der Waals surface area contributed by atoms with Crippen molar-refractivity contribution in [3.05, 3.63) is 69.5 Å². The average Bonchev–Trinajstić information content (AvgIpc) is 2.34. The van der Waals surface area contributed by atoms with Crippen LogP contribution in [0.1, 0.15) is 18.1 Å². The molecular weight excluding hydrogens is 284 g/mol. The minimum Gasteiger partial charge on any atom is -0.321 e. The molecule has 2 N–H and O–H groups in total. The highest BCUT2D eigenvalue weighted by Gasteiger charge is 2.25. The Morgan fingerprint density at radius 2 is 1.74 bits per heavy atom. The van der Waals surface area contributed by atoms with E-state index in [1.54, 1.807) is 0 Å². The van der Waals surface area contributed by atoms with Gasteiger partial charge in [0.2, 0.25) is 0 Å². The first-order chi connectivity index (χ1) is 8.90. The monoisotopic (exact) mass is 297 g/mol. The molecule has 0 saturated heterocycles. The van der Waals surface area contributed by atoms with Gasteiger partial charge >= 0.3 is 0 Å². The first kappa shape index (κ1) is 14.3. The molecule has 0 aliphatic heterocycles. The third-order valence-electron chi connectivity index (χ3n) is 3.04. The molecule has 0 saturated carbocycles. The molecule has 0 bridgehead atoms. The average molecular weight is 298 g/mol. The fourth-order valence-electron chi connectivity index (χ4n) is 2.08. The van der Waals surface area contributed by atoms with Crippen LogP contribution in [0.2, 0.25) is 10.0 Å². The summed E-state index contributed by atoms with van der Waals surface area (Å²) in [7, 11) is 0. The van der Waals surface area contributed by atoms with Crippen LogP contribution in [0.3, 0.4) is 0 Å². The Labute approximate surface area is 122 Å². The largest absolute Gasteiger partial charge is 0.321 e. The second-order valence-corrected chi connectivity index (χ2v) is 5.64. The van der Waals surface area contributed by atoms with Crippen molar-refractivity contribution in [2.45, 2.75) is 18.9 Å². The van der Waals surface area contributed by atoms with Crippen LogP contribution in [-0.2, 0) is 12.0 Å². The van der Waals surface area contributed by atoms with Crippen molar-refractivity contribution >= 4 is 23.2 Å². The molecule has 0 spiro atoms. The summed E-state index contributed by atoms with van der Waals surface area (Å²) in [6, 6.07) is 12.5. The molecule has 0 amide bonds. The summed E-state index contributed by atoms with van der Waals surface area (Å²) in [6.45, 7) is 1.83. The Hall–Kier alpha value is -1.09. The zero-order valence-corrected chi connectivity index (χ0v) is 12.0. The zero-order valence-electron chi connectivity index (χ0n) is 10.5. The van der Waals surface area contributed by atoms with Gasteiger partial charge in [-0.15, -0.1) is 0 Å². The summed E-state index contributed by atoms with van der Waals surface area (Å²) in [5.74, 6) is -0.509. The first-order valence-corrected chi connectivity index (χ1v) is 6.63. The van der Waals surface area contributed by atoms with Gasteiger partial charge in [-0.2, -0.15) is 0 Å². The zero-order chi connectivity index (χ0) is 14.0. The fourth-order valence-corrected chi connectivity index (χ4v) is 2.67. The van der Waals surface area contributed by atoms with E-state index < -0.39 is 11.4 Å². The van der Waals surface area contributed by atoms with Gasteiger partial charge in [0, 0.05) is 10.6 Å². The maximum absolute atomic E-state index is 13.6. The molecular formula is C15H14Cl2FN. The van der Waals surface area contributed by atoms with Gasteiger partial charge in [0.25, 0.3) is 0 Å². The Morgan fingerprint density at radius 1 is 1.11 bits per heavy atom. The van der Waals surface area contributed by atoms with Gasteiger partial charge in [0.1, 0.15) is 5.82 Å². The maximum atomic E-state index is 13.6.